The second kappa shape index (κ2) is 7.72. The zero-order chi connectivity index (χ0) is 19.5. The third-order valence-electron chi connectivity index (χ3n) is 4.80. The van der Waals surface area contributed by atoms with Crippen LogP contribution in [0.1, 0.15) is 22.5 Å². The number of H-pyrrole nitrogens is 1. The molecule has 7 nitrogen and oxygen atoms in total. The second-order valence-electron chi connectivity index (χ2n) is 6.82. The summed E-state index contributed by atoms with van der Waals surface area (Å²) in [7, 11) is 1.62. The first-order chi connectivity index (χ1) is 13.6. The molecular weight excluding hydrogens is 356 g/mol. The maximum absolute atomic E-state index is 12.8. The van der Waals surface area contributed by atoms with Crippen molar-refractivity contribution >= 4 is 5.91 Å². The van der Waals surface area contributed by atoms with Crippen molar-refractivity contribution in [3.63, 3.8) is 0 Å². The van der Waals surface area contributed by atoms with Crippen molar-refractivity contribution in [1.82, 2.24) is 20.1 Å². The number of rotatable bonds is 5. The lowest BCUT2D eigenvalue weighted by Gasteiger charge is -2.16. The van der Waals surface area contributed by atoms with Crippen LogP contribution in [0.3, 0.4) is 0 Å². The smallest absolute Gasteiger partial charge is 0.272 e. The first kappa shape index (κ1) is 18.0. The normalized spacial score (nSPS) is 16.2. The molecule has 1 atom stereocenters. The van der Waals surface area contributed by atoms with E-state index >= 15 is 0 Å². The van der Waals surface area contributed by atoms with Crippen LogP contribution in [0, 0.1) is 6.92 Å². The van der Waals surface area contributed by atoms with Crippen molar-refractivity contribution in [1.29, 1.82) is 0 Å². The predicted octanol–water partition coefficient (Wildman–Crippen LogP) is 3.08. The van der Waals surface area contributed by atoms with Crippen molar-refractivity contribution in [2.75, 3.05) is 20.2 Å². The highest BCUT2D eigenvalue weighted by Crippen LogP contribution is 2.28. The number of hydrogen-bond acceptors (Lipinski definition) is 5. The fraction of sp³-hybridized carbons (Fsp3) is 0.286. The molecule has 2 aromatic heterocycles. The SMILES string of the molecule is COc1ccccc1-c1cc(C(=O)N2CCC(Oc3ccc(C)cn3)C2)[nH]n1. The molecule has 0 saturated carbocycles. The molecule has 1 saturated heterocycles. The van der Waals surface area contributed by atoms with Crippen molar-refractivity contribution in [3.05, 3.63) is 59.9 Å². The first-order valence-electron chi connectivity index (χ1n) is 9.21. The Labute approximate surface area is 163 Å². The maximum Gasteiger partial charge on any atom is 0.272 e. The van der Waals surface area contributed by atoms with Crippen LogP contribution in [0.4, 0.5) is 0 Å². The molecular formula is C21H22N4O3. The van der Waals surface area contributed by atoms with E-state index in [9.17, 15) is 4.79 Å². The number of aromatic amines is 1. The Morgan fingerprint density at radius 3 is 2.89 bits per heavy atom. The Morgan fingerprint density at radius 1 is 1.25 bits per heavy atom. The van der Waals surface area contributed by atoms with Crippen LogP contribution in [0.2, 0.25) is 0 Å². The van der Waals surface area contributed by atoms with Gasteiger partial charge in [-0.15, -0.1) is 0 Å². The summed E-state index contributed by atoms with van der Waals surface area (Å²) in [4.78, 5) is 18.9. The number of aromatic nitrogens is 3. The van der Waals surface area contributed by atoms with Crippen LogP contribution in [-0.4, -0.2) is 52.3 Å². The molecule has 28 heavy (non-hydrogen) atoms. The van der Waals surface area contributed by atoms with Crippen molar-refractivity contribution in [2.24, 2.45) is 0 Å². The van der Waals surface area contributed by atoms with Gasteiger partial charge in [0.05, 0.1) is 19.3 Å². The number of para-hydroxylation sites is 1. The van der Waals surface area contributed by atoms with Crippen molar-refractivity contribution < 1.29 is 14.3 Å². The first-order valence-corrected chi connectivity index (χ1v) is 9.21. The van der Waals surface area contributed by atoms with Crippen LogP contribution < -0.4 is 9.47 Å². The number of ether oxygens (including phenoxy) is 2. The van der Waals surface area contributed by atoms with Crippen LogP contribution in [0.25, 0.3) is 11.3 Å². The molecule has 0 aliphatic carbocycles. The molecule has 1 aliphatic heterocycles. The Kier molecular flexibility index (Phi) is 4.97. The molecule has 4 rings (SSSR count). The van der Waals surface area contributed by atoms with E-state index in [0.29, 0.717) is 36.1 Å². The van der Waals surface area contributed by atoms with Gasteiger partial charge in [-0.25, -0.2) is 4.98 Å². The van der Waals surface area contributed by atoms with Gasteiger partial charge in [-0.3, -0.25) is 9.89 Å². The molecule has 1 unspecified atom stereocenters. The molecule has 0 spiro atoms. The summed E-state index contributed by atoms with van der Waals surface area (Å²) in [6.07, 6.45) is 2.49. The number of hydrogen-bond donors (Lipinski definition) is 1. The number of aryl methyl sites for hydroxylation is 1. The molecule has 7 heteroatoms. The number of methoxy groups -OCH3 is 1. The lowest BCUT2D eigenvalue weighted by atomic mass is 10.1. The molecule has 1 aliphatic rings. The molecule has 1 amide bonds. The average molecular weight is 378 g/mol. The van der Waals surface area contributed by atoms with Crippen molar-refractivity contribution in [3.8, 4) is 22.9 Å². The monoisotopic (exact) mass is 378 g/mol. The zero-order valence-electron chi connectivity index (χ0n) is 15.9. The topological polar surface area (TPSA) is 80.3 Å². The zero-order valence-corrected chi connectivity index (χ0v) is 15.9. The average Bonchev–Trinajstić information content (AvgIpc) is 3.39. The molecule has 144 valence electrons. The quantitative estimate of drug-likeness (QED) is 0.738. The number of carbonyl (C=O) groups is 1. The Morgan fingerprint density at radius 2 is 2.11 bits per heavy atom. The summed E-state index contributed by atoms with van der Waals surface area (Å²) in [6.45, 7) is 3.15. The Balaban J connectivity index is 1.43. The van der Waals surface area contributed by atoms with Gasteiger partial charge in [-0.1, -0.05) is 18.2 Å². The van der Waals surface area contributed by atoms with E-state index in [4.69, 9.17) is 9.47 Å². The lowest BCUT2D eigenvalue weighted by molar-refractivity contribution is 0.0765. The predicted molar refractivity (Wildman–Crippen MR) is 104 cm³/mol. The van der Waals surface area contributed by atoms with Gasteiger partial charge >= 0.3 is 0 Å². The van der Waals surface area contributed by atoms with Gasteiger partial charge in [0.15, 0.2) is 0 Å². The highest BCUT2D eigenvalue weighted by atomic mass is 16.5. The lowest BCUT2D eigenvalue weighted by Crippen LogP contribution is -2.31. The Bertz CT molecular complexity index is 968. The number of likely N-dealkylation sites (tertiary alicyclic amines) is 1. The minimum atomic E-state index is -0.0865. The number of benzene rings is 1. The molecule has 0 bridgehead atoms. The van der Waals surface area contributed by atoms with Gasteiger partial charge in [0.1, 0.15) is 17.5 Å². The van der Waals surface area contributed by atoms with E-state index < -0.39 is 0 Å². The second-order valence-corrected chi connectivity index (χ2v) is 6.82. The van der Waals surface area contributed by atoms with Crippen LogP contribution in [0.5, 0.6) is 11.6 Å². The Hall–Kier alpha value is -3.35. The molecule has 3 aromatic rings. The summed E-state index contributed by atoms with van der Waals surface area (Å²) >= 11 is 0. The third-order valence-corrected chi connectivity index (χ3v) is 4.80. The van der Waals surface area contributed by atoms with Crippen molar-refractivity contribution in [2.45, 2.75) is 19.4 Å². The standard InChI is InChI=1S/C21H22N4O3/c1-14-7-8-20(22-12-14)28-15-9-10-25(13-15)21(26)18-11-17(23-24-18)16-5-3-4-6-19(16)27-2/h3-8,11-12,15H,9-10,13H2,1-2H3,(H,23,24). The van der Waals surface area contributed by atoms with E-state index in [-0.39, 0.29) is 12.0 Å². The fourth-order valence-corrected chi connectivity index (χ4v) is 3.30. The van der Waals surface area contributed by atoms with Gasteiger partial charge in [0.2, 0.25) is 5.88 Å². The van der Waals surface area contributed by atoms with Crippen LogP contribution in [-0.2, 0) is 0 Å². The third kappa shape index (κ3) is 3.69. The molecule has 3 heterocycles. The minimum Gasteiger partial charge on any atom is -0.496 e. The van der Waals surface area contributed by atoms with E-state index in [0.717, 1.165) is 17.5 Å². The molecule has 1 fully saturated rings. The fourth-order valence-electron chi connectivity index (χ4n) is 3.30. The van der Waals surface area contributed by atoms with E-state index in [1.54, 1.807) is 24.3 Å². The number of amides is 1. The van der Waals surface area contributed by atoms with Crippen LogP contribution in [0.15, 0.2) is 48.7 Å². The molecule has 1 N–H and O–H groups in total. The summed E-state index contributed by atoms with van der Waals surface area (Å²) < 4.78 is 11.3. The van der Waals surface area contributed by atoms with E-state index in [1.807, 2.05) is 43.3 Å². The van der Waals surface area contributed by atoms with E-state index in [1.165, 1.54) is 0 Å². The highest BCUT2D eigenvalue weighted by Gasteiger charge is 2.29. The number of nitrogens with zero attached hydrogens (tertiary/aromatic N) is 3. The van der Waals surface area contributed by atoms with E-state index in [2.05, 4.69) is 15.2 Å². The highest BCUT2D eigenvalue weighted by molar-refractivity contribution is 5.93. The number of pyridine rings is 1. The molecule has 0 radical (unpaired) electrons. The summed E-state index contributed by atoms with van der Waals surface area (Å²) in [6, 6.07) is 13.2. The maximum atomic E-state index is 12.8. The summed E-state index contributed by atoms with van der Waals surface area (Å²) in [5, 5.41) is 7.14. The van der Waals surface area contributed by atoms with Gasteiger partial charge < -0.3 is 14.4 Å². The van der Waals surface area contributed by atoms with Gasteiger partial charge in [0, 0.05) is 30.8 Å². The van der Waals surface area contributed by atoms with Gasteiger partial charge in [-0.2, -0.15) is 5.10 Å². The summed E-state index contributed by atoms with van der Waals surface area (Å²) in [5.41, 5.74) is 3.06. The number of nitrogens with one attached hydrogen (secondary N) is 1. The van der Waals surface area contributed by atoms with Gasteiger partial charge in [-0.05, 0) is 30.7 Å². The summed E-state index contributed by atoms with van der Waals surface area (Å²) in [5.74, 6) is 1.22. The van der Waals surface area contributed by atoms with Gasteiger partial charge in [0.25, 0.3) is 5.91 Å². The minimum absolute atomic E-state index is 0.0595. The van der Waals surface area contributed by atoms with Crippen LogP contribution >= 0.6 is 0 Å². The molecule has 1 aromatic carbocycles. The number of carbonyl (C=O) groups excluding carboxylic acids is 1. The largest absolute Gasteiger partial charge is 0.496 e.